The Balaban J connectivity index is 3.34. The number of halogens is 1. The van der Waals surface area contributed by atoms with Crippen molar-refractivity contribution in [2.45, 2.75) is 6.92 Å². The van der Waals surface area contributed by atoms with Crippen LogP contribution in [0.2, 0.25) is 5.15 Å². The van der Waals surface area contributed by atoms with Gasteiger partial charge in [-0.05, 0) is 12.5 Å². The Morgan fingerprint density at radius 3 is 2.45 bits per heavy atom. The summed E-state index contributed by atoms with van der Waals surface area (Å²) in [4.78, 5) is 10.6. The Bertz CT molecular complexity index is 304. The minimum atomic E-state index is -0.979. The third-order valence-electron chi connectivity index (χ3n) is 1.51. The molecule has 1 N–H and O–H groups in total. The predicted octanol–water partition coefficient (Wildman–Crippen LogP) is 1.69. The molecule has 3 nitrogen and oxygen atoms in total. The van der Waals surface area contributed by atoms with Crippen molar-refractivity contribution in [1.29, 1.82) is 0 Å². The van der Waals surface area contributed by atoms with Gasteiger partial charge < -0.3 is 9.67 Å². The highest BCUT2D eigenvalue weighted by atomic mass is 35.5. The van der Waals surface area contributed by atoms with E-state index in [1.54, 1.807) is 24.7 Å². The van der Waals surface area contributed by atoms with Gasteiger partial charge in [0.2, 0.25) is 0 Å². The largest absolute Gasteiger partial charge is 0.478 e. The van der Waals surface area contributed by atoms with Crippen molar-refractivity contribution in [3.8, 4) is 0 Å². The number of hydrogen-bond donors (Lipinski definition) is 1. The van der Waals surface area contributed by atoms with Crippen LogP contribution < -0.4 is 0 Å². The summed E-state index contributed by atoms with van der Waals surface area (Å²) in [6.07, 6.45) is 1.69. The molecule has 1 aromatic heterocycles. The van der Waals surface area contributed by atoms with Crippen LogP contribution in [0.25, 0.3) is 0 Å². The van der Waals surface area contributed by atoms with Gasteiger partial charge in [-0.25, -0.2) is 4.79 Å². The molecule has 0 aliphatic rings. The van der Waals surface area contributed by atoms with Crippen molar-refractivity contribution in [2.75, 3.05) is 0 Å². The first-order valence-corrected chi connectivity index (χ1v) is 3.46. The molecule has 0 aromatic carbocycles. The van der Waals surface area contributed by atoms with Gasteiger partial charge in [0.05, 0.1) is 5.56 Å². The zero-order valence-corrected chi connectivity index (χ0v) is 7.01. The van der Waals surface area contributed by atoms with E-state index >= 15 is 0 Å². The van der Waals surface area contributed by atoms with E-state index in [1.165, 1.54) is 0 Å². The van der Waals surface area contributed by atoms with Crippen LogP contribution in [0.5, 0.6) is 0 Å². The molecule has 0 saturated heterocycles. The van der Waals surface area contributed by atoms with Crippen LogP contribution in [-0.2, 0) is 7.05 Å². The number of hydrogen-bond acceptors (Lipinski definition) is 1. The predicted molar refractivity (Wildman–Crippen MR) is 42.1 cm³/mol. The number of carboxylic acid groups (broad SMARTS) is 1. The molecule has 1 rings (SSSR count). The topological polar surface area (TPSA) is 42.2 Å². The summed E-state index contributed by atoms with van der Waals surface area (Å²) < 4.78 is 1.58. The van der Waals surface area contributed by atoms with Crippen molar-refractivity contribution >= 4 is 17.6 Å². The zero-order chi connectivity index (χ0) is 8.59. The fraction of sp³-hybridized carbons (Fsp3) is 0.286. The van der Waals surface area contributed by atoms with Crippen LogP contribution in [0, 0.1) is 6.92 Å². The first kappa shape index (κ1) is 8.14. The fourth-order valence-electron chi connectivity index (χ4n) is 1.01. The molecule has 0 aliphatic heterocycles. The molecular formula is C7H8ClNO2. The van der Waals surface area contributed by atoms with E-state index in [-0.39, 0.29) is 10.7 Å². The highest BCUT2D eigenvalue weighted by Crippen LogP contribution is 2.20. The van der Waals surface area contributed by atoms with Crippen LogP contribution in [0.15, 0.2) is 6.20 Å². The number of carboxylic acids is 1. The molecule has 11 heavy (non-hydrogen) atoms. The molecule has 0 aliphatic carbocycles. The number of rotatable bonds is 1. The highest BCUT2D eigenvalue weighted by molar-refractivity contribution is 6.32. The lowest BCUT2D eigenvalue weighted by molar-refractivity contribution is 0.0696. The van der Waals surface area contributed by atoms with Gasteiger partial charge in [0.1, 0.15) is 5.15 Å². The van der Waals surface area contributed by atoms with E-state index in [4.69, 9.17) is 16.7 Å². The summed E-state index contributed by atoms with van der Waals surface area (Å²) >= 11 is 5.69. The first-order valence-electron chi connectivity index (χ1n) is 3.08. The van der Waals surface area contributed by atoms with Crippen molar-refractivity contribution in [3.63, 3.8) is 0 Å². The summed E-state index contributed by atoms with van der Waals surface area (Å²) in [5.74, 6) is -0.979. The van der Waals surface area contributed by atoms with Crippen molar-refractivity contribution in [3.05, 3.63) is 22.5 Å². The maximum Gasteiger partial charge on any atom is 0.339 e. The summed E-state index contributed by atoms with van der Waals surface area (Å²) in [5, 5.41) is 8.94. The van der Waals surface area contributed by atoms with Gasteiger partial charge >= 0.3 is 5.97 Å². The van der Waals surface area contributed by atoms with Gasteiger partial charge in [0.25, 0.3) is 0 Å². The second-order valence-electron chi connectivity index (χ2n) is 2.39. The Morgan fingerprint density at radius 1 is 1.73 bits per heavy atom. The summed E-state index contributed by atoms with van der Waals surface area (Å²) in [6, 6.07) is 0. The molecule has 0 amide bonds. The maximum absolute atomic E-state index is 10.6. The monoisotopic (exact) mass is 173 g/mol. The molecule has 4 heteroatoms. The maximum atomic E-state index is 10.6. The Morgan fingerprint density at radius 2 is 2.27 bits per heavy atom. The van der Waals surface area contributed by atoms with Crippen molar-refractivity contribution in [1.82, 2.24) is 4.57 Å². The third-order valence-corrected chi connectivity index (χ3v) is 1.97. The van der Waals surface area contributed by atoms with Gasteiger partial charge in [-0.1, -0.05) is 11.6 Å². The average molecular weight is 174 g/mol. The number of nitrogens with zero attached hydrogens (tertiary/aromatic N) is 1. The molecule has 0 bridgehead atoms. The number of aromatic nitrogens is 1. The number of carbonyl (C=O) groups is 1. The molecule has 0 fully saturated rings. The minimum Gasteiger partial charge on any atom is -0.478 e. The van der Waals surface area contributed by atoms with E-state index in [0.717, 1.165) is 0 Å². The van der Waals surface area contributed by atoms with Crippen LogP contribution in [-0.4, -0.2) is 15.6 Å². The Labute approximate surface area is 69.2 Å². The quantitative estimate of drug-likeness (QED) is 0.702. The normalized spacial score (nSPS) is 10.1. The summed E-state index contributed by atoms with van der Waals surface area (Å²) in [6.45, 7) is 1.72. The standard InChI is InChI=1S/C7H8ClNO2/c1-4-3-9(2)6(8)5(4)7(10)11/h3H,1-2H3,(H,10,11). The number of aryl methyl sites for hydroxylation is 2. The van der Waals surface area contributed by atoms with Crippen LogP contribution >= 0.6 is 11.6 Å². The van der Waals surface area contributed by atoms with Crippen LogP contribution in [0.1, 0.15) is 15.9 Å². The zero-order valence-electron chi connectivity index (χ0n) is 6.26. The molecule has 0 spiro atoms. The second-order valence-corrected chi connectivity index (χ2v) is 2.75. The summed E-state index contributed by atoms with van der Waals surface area (Å²) in [5.41, 5.74) is 0.874. The SMILES string of the molecule is Cc1cn(C)c(Cl)c1C(=O)O. The van der Waals surface area contributed by atoms with E-state index in [1.807, 2.05) is 0 Å². The lowest BCUT2D eigenvalue weighted by Gasteiger charge is -1.93. The van der Waals surface area contributed by atoms with E-state index in [9.17, 15) is 4.79 Å². The molecule has 0 atom stereocenters. The van der Waals surface area contributed by atoms with E-state index in [2.05, 4.69) is 0 Å². The van der Waals surface area contributed by atoms with Gasteiger partial charge in [0, 0.05) is 13.2 Å². The van der Waals surface area contributed by atoms with Gasteiger partial charge in [-0.3, -0.25) is 0 Å². The summed E-state index contributed by atoms with van der Waals surface area (Å²) in [7, 11) is 1.71. The lowest BCUT2D eigenvalue weighted by atomic mass is 10.2. The van der Waals surface area contributed by atoms with Gasteiger partial charge in [0.15, 0.2) is 0 Å². The lowest BCUT2D eigenvalue weighted by Crippen LogP contribution is -1.97. The van der Waals surface area contributed by atoms with Crippen LogP contribution in [0.4, 0.5) is 0 Å². The minimum absolute atomic E-state index is 0.189. The van der Waals surface area contributed by atoms with Crippen molar-refractivity contribution < 1.29 is 9.90 Å². The Kier molecular flexibility index (Phi) is 1.91. The Hall–Kier alpha value is -0.960. The molecule has 1 aromatic rings. The van der Waals surface area contributed by atoms with Crippen LogP contribution in [0.3, 0.4) is 0 Å². The number of aromatic carboxylic acids is 1. The second kappa shape index (κ2) is 2.58. The molecule has 1 heterocycles. The molecule has 0 unspecified atom stereocenters. The van der Waals surface area contributed by atoms with Gasteiger partial charge in [-0.2, -0.15) is 0 Å². The first-order chi connectivity index (χ1) is 5.04. The molecular weight excluding hydrogens is 166 g/mol. The van der Waals surface area contributed by atoms with Crippen molar-refractivity contribution in [2.24, 2.45) is 7.05 Å². The molecule has 60 valence electrons. The van der Waals surface area contributed by atoms with Gasteiger partial charge in [-0.15, -0.1) is 0 Å². The molecule has 0 radical (unpaired) electrons. The average Bonchev–Trinajstić information content (AvgIpc) is 2.07. The fourth-order valence-corrected chi connectivity index (χ4v) is 1.29. The molecule has 0 saturated carbocycles. The third kappa shape index (κ3) is 1.24. The van der Waals surface area contributed by atoms with E-state index in [0.29, 0.717) is 5.56 Å². The highest BCUT2D eigenvalue weighted by Gasteiger charge is 2.15. The smallest absolute Gasteiger partial charge is 0.339 e. The van der Waals surface area contributed by atoms with E-state index < -0.39 is 5.97 Å².